The van der Waals surface area contributed by atoms with Gasteiger partial charge in [0.25, 0.3) is 11.5 Å². The van der Waals surface area contributed by atoms with E-state index in [1.54, 1.807) is 30.3 Å². The van der Waals surface area contributed by atoms with E-state index in [1.807, 2.05) is 19.1 Å². The quantitative estimate of drug-likeness (QED) is 0.552. The molecule has 1 aliphatic heterocycles. The Balaban J connectivity index is 1.33. The maximum Gasteiger partial charge on any atom is 0.261 e. The van der Waals surface area contributed by atoms with Crippen LogP contribution in [0.15, 0.2) is 53.6 Å². The Morgan fingerprint density at radius 2 is 2.03 bits per heavy atom. The molecule has 0 aliphatic carbocycles. The molecule has 0 spiro atoms. The number of fused-ring (bicyclic) bond motifs is 1. The number of amides is 2. The summed E-state index contributed by atoms with van der Waals surface area (Å²) in [4.78, 5) is 42.2. The van der Waals surface area contributed by atoms with Crippen LogP contribution >= 0.6 is 0 Å². The van der Waals surface area contributed by atoms with Crippen LogP contribution in [-0.4, -0.2) is 40.6 Å². The van der Waals surface area contributed by atoms with Gasteiger partial charge in [-0.05, 0) is 49.9 Å². The second kappa shape index (κ2) is 10.4. The summed E-state index contributed by atoms with van der Waals surface area (Å²) in [6.07, 6.45) is 4.21. The molecule has 0 saturated carbocycles. The van der Waals surface area contributed by atoms with Gasteiger partial charge < -0.3 is 15.4 Å². The van der Waals surface area contributed by atoms with Gasteiger partial charge in [0.05, 0.1) is 34.6 Å². The van der Waals surface area contributed by atoms with Gasteiger partial charge in [-0.15, -0.1) is 0 Å². The average Bonchev–Trinajstić information content (AvgIpc) is 3.33. The minimum Gasteiger partial charge on any atom is -0.376 e. The minimum absolute atomic E-state index is 0.0487. The van der Waals surface area contributed by atoms with Crippen LogP contribution in [-0.2, 0) is 16.1 Å². The molecule has 0 unspecified atom stereocenters. The molecule has 8 nitrogen and oxygen atoms in total. The van der Waals surface area contributed by atoms with Crippen molar-refractivity contribution in [1.29, 1.82) is 0 Å². The summed E-state index contributed by atoms with van der Waals surface area (Å²) in [6, 6.07) is 12.5. The predicted octanol–water partition coefficient (Wildman–Crippen LogP) is 3.03. The Bertz CT molecular complexity index is 1210. The highest BCUT2D eigenvalue weighted by Gasteiger charge is 2.18. The van der Waals surface area contributed by atoms with Crippen molar-refractivity contribution in [3.05, 3.63) is 70.3 Å². The van der Waals surface area contributed by atoms with Crippen molar-refractivity contribution in [2.75, 3.05) is 18.5 Å². The molecule has 2 N–H and O–H groups in total. The number of ether oxygens (including phenoxy) is 1. The third kappa shape index (κ3) is 5.46. The number of benzene rings is 2. The maximum atomic E-state index is 12.7. The van der Waals surface area contributed by atoms with E-state index in [9.17, 15) is 14.4 Å². The molecule has 0 bridgehead atoms. The fourth-order valence-corrected chi connectivity index (χ4v) is 4.02. The van der Waals surface area contributed by atoms with E-state index >= 15 is 0 Å². The van der Waals surface area contributed by atoms with Gasteiger partial charge in [0.15, 0.2) is 0 Å². The number of anilines is 1. The first-order chi connectivity index (χ1) is 16.0. The number of nitrogens with one attached hydrogen (secondary N) is 2. The van der Waals surface area contributed by atoms with E-state index in [0.717, 1.165) is 25.0 Å². The van der Waals surface area contributed by atoms with Crippen molar-refractivity contribution >= 4 is 28.4 Å². The van der Waals surface area contributed by atoms with Crippen LogP contribution in [0.25, 0.3) is 10.9 Å². The zero-order valence-electron chi connectivity index (χ0n) is 18.7. The van der Waals surface area contributed by atoms with Gasteiger partial charge in [-0.25, -0.2) is 4.98 Å². The molecule has 1 saturated heterocycles. The van der Waals surface area contributed by atoms with Crippen LogP contribution in [0.3, 0.4) is 0 Å². The monoisotopic (exact) mass is 448 g/mol. The number of hydrogen-bond donors (Lipinski definition) is 2. The van der Waals surface area contributed by atoms with E-state index in [-0.39, 0.29) is 29.9 Å². The third-order valence-electron chi connectivity index (χ3n) is 5.82. The van der Waals surface area contributed by atoms with Crippen LogP contribution in [0.1, 0.15) is 41.6 Å². The molecule has 3 aromatic rings. The first kappa shape index (κ1) is 22.7. The Kier molecular flexibility index (Phi) is 7.14. The highest BCUT2D eigenvalue weighted by molar-refractivity contribution is 6.03. The van der Waals surface area contributed by atoms with Crippen LogP contribution in [0, 0.1) is 6.92 Å². The Hall–Kier alpha value is -3.52. The largest absolute Gasteiger partial charge is 0.376 e. The molecule has 1 aliphatic rings. The summed E-state index contributed by atoms with van der Waals surface area (Å²) < 4.78 is 7.07. The van der Waals surface area contributed by atoms with Gasteiger partial charge in [0, 0.05) is 26.1 Å². The lowest BCUT2D eigenvalue weighted by Gasteiger charge is -2.14. The Morgan fingerprint density at radius 3 is 2.85 bits per heavy atom. The van der Waals surface area contributed by atoms with Crippen molar-refractivity contribution in [3.63, 3.8) is 0 Å². The smallest absolute Gasteiger partial charge is 0.261 e. The number of carbonyl (C=O) groups is 2. The van der Waals surface area contributed by atoms with Crippen molar-refractivity contribution in [2.24, 2.45) is 0 Å². The van der Waals surface area contributed by atoms with Crippen LogP contribution in [0.5, 0.6) is 0 Å². The molecule has 0 radical (unpaired) electrons. The van der Waals surface area contributed by atoms with E-state index < -0.39 is 0 Å². The van der Waals surface area contributed by atoms with Gasteiger partial charge in [-0.2, -0.15) is 0 Å². The summed E-state index contributed by atoms with van der Waals surface area (Å²) in [7, 11) is 0. The molecule has 1 atom stereocenters. The molecule has 2 heterocycles. The van der Waals surface area contributed by atoms with Crippen molar-refractivity contribution in [1.82, 2.24) is 14.9 Å². The van der Waals surface area contributed by atoms with E-state index in [4.69, 9.17) is 4.74 Å². The molecule has 33 heavy (non-hydrogen) atoms. The summed E-state index contributed by atoms with van der Waals surface area (Å²) in [6.45, 7) is 3.49. The highest BCUT2D eigenvalue weighted by Crippen LogP contribution is 2.17. The molecule has 4 rings (SSSR count). The third-order valence-corrected chi connectivity index (χ3v) is 5.82. The SMILES string of the molecule is Cc1cccc2c(=O)n(CCCC(=O)Nc3ccccc3C(=O)NC[C@@H]3CCCO3)cnc12. The minimum atomic E-state index is -0.245. The van der Waals surface area contributed by atoms with Crippen molar-refractivity contribution < 1.29 is 14.3 Å². The van der Waals surface area contributed by atoms with Gasteiger partial charge in [-0.1, -0.05) is 24.3 Å². The summed E-state index contributed by atoms with van der Waals surface area (Å²) in [5.41, 5.74) is 2.42. The molecule has 2 amide bonds. The van der Waals surface area contributed by atoms with Gasteiger partial charge in [0.1, 0.15) is 0 Å². The first-order valence-corrected chi connectivity index (χ1v) is 11.3. The maximum absolute atomic E-state index is 12.7. The summed E-state index contributed by atoms with van der Waals surface area (Å²) >= 11 is 0. The van der Waals surface area contributed by atoms with Crippen molar-refractivity contribution in [2.45, 2.75) is 45.3 Å². The topological polar surface area (TPSA) is 102 Å². The van der Waals surface area contributed by atoms with Crippen LogP contribution in [0.2, 0.25) is 0 Å². The predicted molar refractivity (Wildman–Crippen MR) is 126 cm³/mol. The fraction of sp³-hybridized carbons (Fsp3) is 0.360. The molecule has 172 valence electrons. The van der Waals surface area contributed by atoms with Crippen molar-refractivity contribution in [3.8, 4) is 0 Å². The number of carbonyl (C=O) groups excluding carboxylic acids is 2. The summed E-state index contributed by atoms with van der Waals surface area (Å²) in [5, 5.41) is 6.28. The van der Waals surface area contributed by atoms with Crippen LogP contribution < -0.4 is 16.2 Å². The lowest BCUT2D eigenvalue weighted by atomic mass is 10.1. The van der Waals surface area contributed by atoms with E-state index in [1.165, 1.54) is 10.9 Å². The molecule has 1 aromatic heterocycles. The number of aryl methyl sites for hydroxylation is 2. The first-order valence-electron chi connectivity index (χ1n) is 11.3. The summed E-state index contributed by atoms with van der Waals surface area (Å²) in [5.74, 6) is -0.461. The molecule has 1 fully saturated rings. The molecule has 2 aromatic carbocycles. The number of rotatable bonds is 8. The zero-order valence-corrected chi connectivity index (χ0v) is 18.7. The lowest BCUT2D eigenvalue weighted by Crippen LogP contribution is -2.32. The number of nitrogens with zero attached hydrogens (tertiary/aromatic N) is 2. The molecular weight excluding hydrogens is 420 g/mol. The van der Waals surface area contributed by atoms with E-state index in [2.05, 4.69) is 15.6 Å². The average molecular weight is 449 g/mol. The normalized spacial score (nSPS) is 15.5. The van der Waals surface area contributed by atoms with Gasteiger partial charge in [0.2, 0.25) is 5.91 Å². The van der Waals surface area contributed by atoms with Crippen LogP contribution in [0.4, 0.5) is 5.69 Å². The number of hydrogen-bond acceptors (Lipinski definition) is 5. The number of aromatic nitrogens is 2. The van der Waals surface area contributed by atoms with Gasteiger partial charge >= 0.3 is 0 Å². The fourth-order valence-electron chi connectivity index (χ4n) is 4.02. The highest BCUT2D eigenvalue weighted by atomic mass is 16.5. The standard InChI is InChI=1S/C25H28N4O4/c1-17-7-4-10-20-23(17)27-16-29(25(20)32)13-5-12-22(30)28-21-11-3-2-9-19(21)24(31)26-15-18-8-6-14-33-18/h2-4,7,9-11,16,18H,5-6,8,12-15H2,1H3,(H,26,31)(H,28,30)/t18-/m0/s1. The van der Waals surface area contributed by atoms with E-state index in [0.29, 0.717) is 41.7 Å². The molecular formula is C25H28N4O4. The molecule has 8 heteroatoms. The lowest BCUT2D eigenvalue weighted by molar-refractivity contribution is -0.116. The Labute approximate surface area is 192 Å². The second-order valence-electron chi connectivity index (χ2n) is 8.26. The number of para-hydroxylation sites is 2. The second-order valence-corrected chi connectivity index (χ2v) is 8.26. The van der Waals surface area contributed by atoms with Gasteiger partial charge in [-0.3, -0.25) is 19.0 Å². The Morgan fingerprint density at radius 1 is 1.18 bits per heavy atom. The zero-order chi connectivity index (χ0) is 23.2.